The van der Waals surface area contributed by atoms with Gasteiger partial charge in [-0.3, -0.25) is 19.7 Å². The van der Waals surface area contributed by atoms with Crippen molar-refractivity contribution in [1.29, 1.82) is 0 Å². The van der Waals surface area contributed by atoms with Gasteiger partial charge in [0.1, 0.15) is 6.61 Å². The van der Waals surface area contributed by atoms with E-state index in [0.29, 0.717) is 10.8 Å². The lowest BCUT2D eigenvalue weighted by molar-refractivity contribution is -0.385. The maximum atomic E-state index is 11.8. The molecule has 0 spiro atoms. The molecule has 0 aliphatic heterocycles. The van der Waals surface area contributed by atoms with Crippen LogP contribution in [0.15, 0.2) is 47.4 Å². The normalized spacial score (nSPS) is 10.3. The van der Waals surface area contributed by atoms with Crippen molar-refractivity contribution in [2.45, 2.75) is 17.9 Å². The standard InChI is InChI=1S/C17H15ClN2O5S/c18-13-3-1-2-4-15(13)26-8-7-16(21)25-10-12-6-5-11(17(19)22)9-14(12)20(23)24/h1-6,9H,7-8,10H2,(H2,19,22). The van der Waals surface area contributed by atoms with Crippen LogP contribution >= 0.6 is 23.4 Å². The minimum atomic E-state index is -0.770. The van der Waals surface area contributed by atoms with E-state index in [9.17, 15) is 19.7 Å². The van der Waals surface area contributed by atoms with Gasteiger partial charge in [0.25, 0.3) is 5.69 Å². The highest BCUT2D eigenvalue weighted by molar-refractivity contribution is 7.99. The van der Waals surface area contributed by atoms with Crippen LogP contribution in [0, 0.1) is 10.1 Å². The average Bonchev–Trinajstić information content (AvgIpc) is 2.61. The number of nitrogens with two attached hydrogens (primary N) is 1. The summed E-state index contributed by atoms with van der Waals surface area (Å²) < 4.78 is 5.08. The first-order chi connectivity index (χ1) is 12.4. The molecule has 0 bridgehead atoms. The summed E-state index contributed by atoms with van der Waals surface area (Å²) in [6.07, 6.45) is 0.128. The Kier molecular flexibility index (Phi) is 6.99. The lowest BCUT2D eigenvalue weighted by Gasteiger charge is -2.07. The largest absolute Gasteiger partial charge is 0.461 e. The Labute approximate surface area is 158 Å². The third-order valence-corrected chi connectivity index (χ3v) is 4.87. The summed E-state index contributed by atoms with van der Waals surface area (Å²) in [6.45, 7) is -0.259. The second kappa shape index (κ2) is 9.21. The van der Waals surface area contributed by atoms with Crippen molar-refractivity contribution < 1.29 is 19.2 Å². The van der Waals surface area contributed by atoms with Gasteiger partial charge in [0, 0.05) is 22.3 Å². The van der Waals surface area contributed by atoms with Crippen LogP contribution in [-0.2, 0) is 16.1 Å². The molecule has 2 aromatic rings. The molecule has 1 amide bonds. The Morgan fingerprint density at radius 2 is 1.96 bits per heavy atom. The fraction of sp³-hybridized carbons (Fsp3) is 0.176. The van der Waals surface area contributed by atoms with Crippen molar-refractivity contribution in [3.63, 3.8) is 0 Å². The van der Waals surface area contributed by atoms with Crippen molar-refractivity contribution in [2.24, 2.45) is 5.73 Å². The van der Waals surface area contributed by atoms with E-state index < -0.39 is 16.8 Å². The number of rotatable bonds is 8. The third-order valence-electron chi connectivity index (χ3n) is 3.36. The second-order valence-corrected chi connectivity index (χ2v) is 6.70. The minimum absolute atomic E-state index is 0.0166. The molecule has 0 fully saturated rings. The number of thioether (sulfide) groups is 1. The Bertz CT molecular complexity index is 844. The number of hydrogen-bond acceptors (Lipinski definition) is 6. The molecular weight excluding hydrogens is 380 g/mol. The molecule has 2 aromatic carbocycles. The van der Waals surface area contributed by atoms with Crippen LogP contribution in [0.2, 0.25) is 5.02 Å². The Balaban J connectivity index is 1.90. The van der Waals surface area contributed by atoms with Crippen LogP contribution in [0.25, 0.3) is 0 Å². The molecule has 0 atom stereocenters. The second-order valence-electron chi connectivity index (χ2n) is 5.15. The van der Waals surface area contributed by atoms with Crippen LogP contribution in [0.4, 0.5) is 5.69 Å². The van der Waals surface area contributed by atoms with Gasteiger partial charge in [-0.05, 0) is 24.3 Å². The van der Waals surface area contributed by atoms with E-state index >= 15 is 0 Å². The maximum absolute atomic E-state index is 11.8. The molecule has 0 saturated carbocycles. The van der Waals surface area contributed by atoms with Gasteiger partial charge in [-0.25, -0.2) is 0 Å². The van der Waals surface area contributed by atoms with Gasteiger partial charge in [0.2, 0.25) is 5.91 Å². The molecule has 0 radical (unpaired) electrons. The molecule has 0 unspecified atom stereocenters. The number of nitrogens with zero attached hydrogens (tertiary/aromatic N) is 1. The molecule has 0 heterocycles. The number of halogens is 1. The van der Waals surface area contributed by atoms with Crippen molar-refractivity contribution in [2.75, 3.05) is 5.75 Å². The van der Waals surface area contributed by atoms with Gasteiger partial charge in [0.15, 0.2) is 0 Å². The van der Waals surface area contributed by atoms with Crippen LogP contribution < -0.4 is 5.73 Å². The lowest BCUT2D eigenvalue weighted by Crippen LogP contribution is -2.12. The van der Waals surface area contributed by atoms with Crippen LogP contribution in [0.1, 0.15) is 22.3 Å². The number of benzene rings is 2. The molecule has 26 heavy (non-hydrogen) atoms. The van der Waals surface area contributed by atoms with Gasteiger partial charge in [-0.15, -0.1) is 11.8 Å². The molecule has 0 saturated heterocycles. The number of primary amides is 1. The first-order valence-electron chi connectivity index (χ1n) is 7.48. The molecular formula is C17H15ClN2O5S. The highest BCUT2D eigenvalue weighted by atomic mass is 35.5. The van der Waals surface area contributed by atoms with Gasteiger partial charge < -0.3 is 10.5 Å². The number of ether oxygens (including phenoxy) is 1. The number of nitro groups is 1. The smallest absolute Gasteiger partial charge is 0.306 e. The Morgan fingerprint density at radius 1 is 1.23 bits per heavy atom. The Hall–Kier alpha value is -2.58. The van der Waals surface area contributed by atoms with Crippen molar-refractivity contribution in [3.05, 3.63) is 68.7 Å². The minimum Gasteiger partial charge on any atom is -0.461 e. The number of nitro benzene ring substituents is 1. The number of carbonyl (C=O) groups is 2. The molecule has 0 aliphatic rings. The van der Waals surface area contributed by atoms with E-state index in [1.54, 1.807) is 6.07 Å². The zero-order valence-electron chi connectivity index (χ0n) is 13.5. The third kappa shape index (κ3) is 5.47. The van der Waals surface area contributed by atoms with Gasteiger partial charge in [0.05, 0.1) is 21.9 Å². The van der Waals surface area contributed by atoms with Crippen molar-refractivity contribution in [3.8, 4) is 0 Å². The summed E-state index contributed by atoms with van der Waals surface area (Å²) in [4.78, 5) is 34.3. The number of carbonyl (C=O) groups excluding carboxylic acids is 2. The quantitative estimate of drug-likeness (QED) is 0.317. The number of esters is 1. The van der Waals surface area contributed by atoms with E-state index in [4.69, 9.17) is 22.1 Å². The van der Waals surface area contributed by atoms with E-state index in [0.717, 1.165) is 11.0 Å². The van der Waals surface area contributed by atoms with Gasteiger partial charge in [-0.2, -0.15) is 0 Å². The highest BCUT2D eigenvalue weighted by Gasteiger charge is 2.18. The molecule has 0 aliphatic carbocycles. The van der Waals surface area contributed by atoms with E-state index in [1.807, 2.05) is 18.2 Å². The molecule has 0 aromatic heterocycles. The van der Waals surface area contributed by atoms with E-state index in [1.165, 1.54) is 23.9 Å². The SMILES string of the molecule is NC(=O)c1ccc(COC(=O)CCSc2ccccc2Cl)c([N+](=O)[O-])c1. The van der Waals surface area contributed by atoms with Crippen LogP contribution in [0.3, 0.4) is 0 Å². The zero-order valence-corrected chi connectivity index (χ0v) is 15.1. The predicted octanol–water partition coefficient (Wildman–Crippen LogP) is 3.57. The highest BCUT2D eigenvalue weighted by Crippen LogP contribution is 2.27. The average molecular weight is 395 g/mol. The van der Waals surface area contributed by atoms with Crippen LogP contribution in [0.5, 0.6) is 0 Å². The molecule has 7 nitrogen and oxygen atoms in total. The van der Waals surface area contributed by atoms with Crippen molar-refractivity contribution >= 4 is 40.9 Å². The summed E-state index contributed by atoms with van der Waals surface area (Å²) in [5.74, 6) is -0.795. The maximum Gasteiger partial charge on any atom is 0.306 e. The van der Waals surface area contributed by atoms with E-state index in [-0.39, 0.29) is 29.8 Å². The topological polar surface area (TPSA) is 113 Å². The molecule has 136 valence electrons. The van der Waals surface area contributed by atoms with Gasteiger partial charge in [-0.1, -0.05) is 23.7 Å². The molecule has 9 heteroatoms. The fourth-order valence-corrected chi connectivity index (χ4v) is 3.21. The first kappa shape index (κ1) is 19.7. The number of hydrogen-bond donors (Lipinski definition) is 1. The monoisotopic (exact) mass is 394 g/mol. The summed E-state index contributed by atoms with van der Waals surface area (Å²) in [5, 5.41) is 11.7. The summed E-state index contributed by atoms with van der Waals surface area (Å²) >= 11 is 7.45. The van der Waals surface area contributed by atoms with Crippen LogP contribution in [-0.4, -0.2) is 22.6 Å². The predicted molar refractivity (Wildman–Crippen MR) is 98.2 cm³/mol. The molecule has 2 N–H and O–H groups in total. The summed E-state index contributed by atoms with van der Waals surface area (Å²) in [6, 6.07) is 11.0. The van der Waals surface area contributed by atoms with Gasteiger partial charge >= 0.3 is 5.97 Å². The molecule has 2 rings (SSSR count). The number of amides is 1. The zero-order chi connectivity index (χ0) is 19.1. The van der Waals surface area contributed by atoms with Crippen molar-refractivity contribution in [1.82, 2.24) is 0 Å². The van der Waals surface area contributed by atoms with E-state index in [2.05, 4.69) is 0 Å². The summed E-state index contributed by atoms with van der Waals surface area (Å²) in [7, 11) is 0. The summed E-state index contributed by atoms with van der Waals surface area (Å²) in [5.41, 5.74) is 4.99. The Morgan fingerprint density at radius 3 is 2.62 bits per heavy atom. The fourth-order valence-electron chi connectivity index (χ4n) is 2.05. The first-order valence-corrected chi connectivity index (χ1v) is 8.85. The lowest BCUT2D eigenvalue weighted by atomic mass is 10.1.